The standard InChI is InChI=1S/C28H62O4Si2/c1-7-13-21-29-27(19-11-5,30-22-14-8-2)33-25-17-18-26-34-28(20-12-6,31-23-15-9-3)32-24-16-10-4/h7-26,33-34H2,1-6H3. The molecule has 0 aromatic rings. The van der Waals surface area contributed by atoms with E-state index in [-0.39, 0.29) is 10.8 Å². The van der Waals surface area contributed by atoms with E-state index in [9.17, 15) is 0 Å². The molecule has 0 saturated heterocycles. The Kier molecular flexibility index (Phi) is 23.8. The van der Waals surface area contributed by atoms with Gasteiger partial charge < -0.3 is 18.9 Å². The molecular formula is C28H62O4Si2. The summed E-state index contributed by atoms with van der Waals surface area (Å²) in [5, 5.41) is 0. The van der Waals surface area contributed by atoms with Gasteiger partial charge in [-0.15, -0.1) is 0 Å². The quantitative estimate of drug-likeness (QED) is 0.0659. The lowest BCUT2D eigenvalue weighted by Gasteiger charge is -2.35. The van der Waals surface area contributed by atoms with Gasteiger partial charge >= 0.3 is 0 Å². The second kappa shape index (κ2) is 23.7. The summed E-state index contributed by atoms with van der Waals surface area (Å²) in [5.41, 5.74) is -0.454. The third kappa shape index (κ3) is 16.9. The highest BCUT2D eigenvalue weighted by Crippen LogP contribution is 2.25. The Labute approximate surface area is 218 Å². The molecular weight excluding hydrogens is 456 g/mol. The van der Waals surface area contributed by atoms with Crippen molar-refractivity contribution in [1.29, 1.82) is 0 Å². The second-order valence-corrected chi connectivity index (χ2v) is 14.6. The topological polar surface area (TPSA) is 36.9 Å². The van der Waals surface area contributed by atoms with Crippen molar-refractivity contribution in [3.05, 3.63) is 0 Å². The van der Waals surface area contributed by atoms with E-state index in [1.807, 2.05) is 0 Å². The molecule has 0 bridgehead atoms. The molecule has 0 spiro atoms. The summed E-state index contributed by atoms with van der Waals surface area (Å²) in [4.78, 5) is 0. The van der Waals surface area contributed by atoms with Gasteiger partial charge in [0.15, 0.2) is 0 Å². The number of unbranched alkanes of at least 4 members (excludes halogenated alkanes) is 5. The van der Waals surface area contributed by atoms with Crippen LogP contribution in [0.1, 0.15) is 131 Å². The third-order valence-corrected chi connectivity index (χ3v) is 11.3. The largest absolute Gasteiger partial charge is 0.354 e. The smallest absolute Gasteiger partial charge is 0.144 e. The predicted molar refractivity (Wildman–Crippen MR) is 155 cm³/mol. The second-order valence-electron chi connectivity index (χ2n) is 10.0. The van der Waals surface area contributed by atoms with Gasteiger partial charge in [-0.1, -0.05) is 105 Å². The molecule has 0 rings (SSSR count). The van der Waals surface area contributed by atoms with E-state index >= 15 is 0 Å². The first-order valence-corrected chi connectivity index (χ1v) is 18.5. The van der Waals surface area contributed by atoms with E-state index in [1.165, 1.54) is 50.6 Å². The van der Waals surface area contributed by atoms with Crippen molar-refractivity contribution in [2.45, 2.75) is 154 Å². The number of hydrogen-bond donors (Lipinski definition) is 0. The van der Waals surface area contributed by atoms with E-state index < -0.39 is 19.0 Å². The highest BCUT2D eigenvalue weighted by molar-refractivity contribution is 6.39. The maximum absolute atomic E-state index is 6.47. The van der Waals surface area contributed by atoms with Crippen LogP contribution >= 0.6 is 0 Å². The fourth-order valence-corrected chi connectivity index (χ4v) is 9.07. The first-order valence-electron chi connectivity index (χ1n) is 15.1. The Morgan fingerprint density at radius 1 is 0.412 bits per heavy atom. The minimum Gasteiger partial charge on any atom is -0.354 e. The van der Waals surface area contributed by atoms with E-state index in [4.69, 9.17) is 18.9 Å². The van der Waals surface area contributed by atoms with Crippen LogP contribution in [0.4, 0.5) is 0 Å². The zero-order chi connectivity index (χ0) is 25.4. The van der Waals surface area contributed by atoms with Crippen molar-refractivity contribution in [3.63, 3.8) is 0 Å². The van der Waals surface area contributed by atoms with Crippen LogP contribution in [-0.2, 0) is 18.9 Å². The molecule has 0 amide bonds. The highest BCUT2D eigenvalue weighted by Gasteiger charge is 2.32. The van der Waals surface area contributed by atoms with Gasteiger partial charge in [0.1, 0.15) is 10.8 Å². The van der Waals surface area contributed by atoms with Crippen LogP contribution in [0.3, 0.4) is 0 Å². The molecule has 0 fully saturated rings. The minimum atomic E-state index is -0.445. The minimum absolute atomic E-state index is 0.227. The predicted octanol–water partition coefficient (Wildman–Crippen LogP) is 7.12. The molecule has 0 aliphatic heterocycles. The van der Waals surface area contributed by atoms with Crippen LogP contribution in [0.25, 0.3) is 0 Å². The van der Waals surface area contributed by atoms with Gasteiger partial charge in [0.25, 0.3) is 0 Å². The summed E-state index contributed by atoms with van der Waals surface area (Å²) in [7, 11) is -0.890. The normalized spacial score (nSPS) is 13.2. The molecule has 0 aromatic heterocycles. The van der Waals surface area contributed by atoms with Crippen LogP contribution in [-0.4, -0.2) is 56.3 Å². The third-order valence-electron chi connectivity index (χ3n) is 6.58. The van der Waals surface area contributed by atoms with E-state index in [0.717, 1.165) is 77.8 Å². The van der Waals surface area contributed by atoms with Crippen LogP contribution in [0.5, 0.6) is 0 Å². The van der Waals surface area contributed by atoms with Crippen molar-refractivity contribution in [1.82, 2.24) is 0 Å². The lowest BCUT2D eigenvalue weighted by atomic mass is 10.3. The lowest BCUT2D eigenvalue weighted by Crippen LogP contribution is -2.43. The van der Waals surface area contributed by atoms with Gasteiger partial charge in [-0.05, 0) is 38.5 Å². The molecule has 0 unspecified atom stereocenters. The molecule has 4 nitrogen and oxygen atoms in total. The van der Waals surface area contributed by atoms with Gasteiger partial charge in [0.05, 0.1) is 19.0 Å². The Hall–Kier alpha value is 0.274. The number of ether oxygens (including phenoxy) is 4. The van der Waals surface area contributed by atoms with Crippen LogP contribution < -0.4 is 0 Å². The molecule has 0 aliphatic carbocycles. The Morgan fingerprint density at radius 2 is 0.706 bits per heavy atom. The molecule has 0 aliphatic rings. The SMILES string of the molecule is CCCCOC(CCC)(OCCCC)[SiH2]CCCC[SiH2]C(CCC)(OCCCC)OCCCC. The molecule has 206 valence electrons. The molecule has 0 saturated carbocycles. The summed E-state index contributed by atoms with van der Waals surface area (Å²) >= 11 is 0. The van der Waals surface area contributed by atoms with Crippen molar-refractivity contribution >= 4 is 19.0 Å². The van der Waals surface area contributed by atoms with Gasteiger partial charge in [-0.2, -0.15) is 0 Å². The molecule has 34 heavy (non-hydrogen) atoms. The first-order chi connectivity index (χ1) is 16.6. The summed E-state index contributed by atoms with van der Waals surface area (Å²) in [6.45, 7) is 16.9. The van der Waals surface area contributed by atoms with Crippen molar-refractivity contribution in [2.24, 2.45) is 0 Å². The zero-order valence-electron chi connectivity index (χ0n) is 24.2. The summed E-state index contributed by atoms with van der Waals surface area (Å²) in [6, 6.07) is 2.64. The number of hydrogen-bond acceptors (Lipinski definition) is 4. The Bertz CT molecular complexity index is 365. The molecule has 0 radical (unpaired) electrons. The van der Waals surface area contributed by atoms with Gasteiger partial charge in [0.2, 0.25) is 0 Å². The molecule has 6 heteroatoms. The van der Waals surface area contributed by atoms with Crippen molar-refractivity contribution in [3.8, 4) is 0 Å². The van der Waals surface area contributed by atoms with Crippen LogP contribution in [0, 0.1) is 0 Å². The monoisotopic (exact) mass is 518 g/mol. The summed E-state index contributed by atoms with van der Waals surface area (Å²) < 4.78 is 25.9. The Balaban J connectivity index is 4.75. The molecule has 0 atom stereocenters. The lowest BCUT2D eigenvalue weighted by molar-refractivity contribution is -0.186. The Morgan fingerprint density at radius 3 is 0.941 bits per heavy atom. The zero-order valence-corrected chi connectivity index (χ0v) is 27.0. The van der Waals surface area contributed by atoms with Gasteiger partial charge in [0, 0.05) is 26.4 Å². The summed E-state index contributed by atoms with van der Waals surface area (Å²) in [5.74, 6) is 0. The van der Waals surface area contributed by atoms with Gasteiger partial charge in [-0.25, -0.2) is 0 Å². The number of rotatable bonds is 27. The van der Waals surface area contributed by atoms with Crippen LogP contribution in [0.2, 0.25) is 12.1 Å². The fourth-order valence-electron chi connectivity index (χ4n) is 4.42. The average Bonchev–Trinajstić information content (AvgIpc) is 2.82. The van der Waals surface area contributed by atoms with E-state index in [0.29, 0.717) is 0 Å². The van der Waals surface area contributed by atoms with E-state index in [1.54, 1.807) is 0 Å². The van der Waals surface area contributed by atoms with Gasteiger partial charge in [-0.3, -0.25) is 0 Å². The molecule has 0 N–H and O–H groups in total. The van der Waals surface area contributed by atoms with Crippen LogP contribution in [0.15, 0.2) is 0 Å². The molecule has 0 aromatic carbocycles. The maximum atomic E-state index is 6.47. The maximum Gasteiger partial charge on any atom is 0.144 e. The van der Waals surface area contributed by atoms with E-state index in [2.05, 4.69) is 41.5 Å². The first kappa shape index (κ1) is 34.3. The summed E-state index contributed by atoms with van der Waals surface area (Å²) in [6.07, 6.45) is 16.3. The highest BCUT2D eigenvalue weighted by atomic mass is 28.2. The van der Waals surface area contributed by atoms with Crippen molar-refractivity contribution in [2.75, 3.05) is 26.4 Å². The average molecular weight is 519 g/mol. The fraction of sp³-hybridized carbons (Fsp3) is 1.00. The van der Waals surface area contributed by atoms with Crippen molar-refractivity contribution < 1.29 is 18.9 Å². The molecule has 0 heterocycles.